The molecule has 0 radical (unpaired) electrons. The minimum atomic E-state index is -0.605. The second-order valence-corrected chi connectivity index (χ2v) is 8.67. The van der Waals surface area contributed by atoms with Crippen molar-refractivity contribution in [3.63, 3.8) is 0 Å². The number of halogens is 2. The Morgan fingerprint density at radius 2 is 1.78 bits per heavy atom. The summed E-state index contributed by atoms with van der Waals surface area (Å²) in [6, 6.07) is 12.4. The normalized spacial score (nSPS) is 11.7. The number of hydrogen-bond acceptors (Lipinski definition) is 3. The van der Waals surface area contributed by atoms with Gasteiger partial charge < -0.3 is 15.0 Å². The number of benzene rings is 2. The van der Waals surface area contributed by atoms with Crippen LogP contribution in [0.15, 0.2) is 42.5 Å². The summed E-state index contributed by atoms with van der Waals surface area (Å²) in [4.78, 5) is 27.3. The number of unbranched alkanes of at least 4 members (excludes halogenated alkanes) is 1. The maximum atomic E-state index is 13.1. The van der Waals surface area contributed by atoms with Crippen LogP contribution in [0.1, 0.15) is 50.7 Å². The van der Waals surface area contributed by atoms with Crippen LogP contribution in [0, 0.1) is 6.92 Å². The van der Waals surface area contributed by atoms with E-state index in [-0.39, 0.29) is 24.8 Å². The summed E-state index contributed by atoms with van der Waals surface area (Å²) >= 11 is 12.2. The zero-order valence-corrected chi connectivity index (χ0v) is 20.5. The van der Waals surface area contributed by atoms with Crippen LogP contribution in [-0.4, -0.2) is 35.9 Å². The lowest BCUT2D eigenvalue weighted by atomic mass is 10.1. The first-order valence-electron chi connectivity index (χ1n) is 11.0. The second kappa shape index (κ2) is 13.3. The molecule has 0 aromatic heterocycles. The Labute approximate surface area is 201 Å². The Balaban J connectivity index is 2.00. The maximum Gasteiger partial charge on any atom is 0.242 e. The van der Waals surface area contributed by atoms with Gasteiger partial charge in [-0.2, -0.15) is 0 Å². The Kier molecular flexibility index (Phi) is 10.8. The molecule has 2 aromatic rings. The Morgan fingerprint density at radius 3 is 2.44 bits per heavy atom. The summed E-state index contributed by atoms with van der Waals surface area (Å²) in [6.45, 7) is 7.13. The molecule has 2 amide bonds. The van der Waals surface area contributed by atoms with E-state index >= 15 is 0 Å². The number of hydrogen-bond donors (Lipinski definition) is 1. The highest BCUT2D eigenvalue weighted by atomic mass is 35.5. The fourth-order valence-corrected chi connectivity index (χ4v) is 3.47. The van der Waals surface area contributed by atoms with Crippen molar-refractivity contribution in [1.82, 2.24) is 10.2 Å². The minimum Gasteiger partial charge on any atom is -0.494 e. The summed E-state index contributed by atoms with van der Waals surface area (Å²) in [5.74, 6) is 0.504. The second-order valence-electron chi connectivity index (χ2n) is 7.86. The maximum absolute atomic E-state index is 13.1. The summed E-state index contributed by atoms with van der Waals surface area (Å²) in [6.07, 6.45) is 2.71. The Bertz CT molecular complexity index is 887. The lowest BCUT2D eigenvalue weighted by molar-refractivity contribution is -0.140. The lowest BCUT2D eigenvalue weighted by Crippen LogP contribution is -2.47. The number of rotatable bonds is 12. The molecule has 5 nitrogen and oxygen atoms in total. The molecule has 1 atom stereocenters. The van der Waals surface area contributed by atoms with Crippen LogP contribution in [0.4, 0.5) is 0 Å². The molecule has 0 aliphatic carbocycles. The molecule has 32 heavy (non-hydrogen) atoms. The minimum absolute atomic E-state index is 0.110. The zero-order chi connectivity index (χ0) is 23.5. The molecule has 0 unspecified atom stereocenters. The van der Waals surface area contributed by atoms with Crippen molar-refractivity contribution in [2.24, 2.45) is 0 Å². The summed E-state index contributed by atoms with van der Waals surface area (Å²) < 4.78 is 5.73. The highest BCUT2D eigenvalue weighted by molar-refractivity contribution is 6.42. The summed E-state index contributed by atoms with van der Waals surface area (Å²) in [7, 11) is 0. The molecule has 0 heterocycles. The average molecular weight is 479 g/mol. The van der Waals surface area contributed by atoms with Crippen LogP contribution in [0.25, 0.3) is 0 Å². The molecule has 174 valence electrons. The third-order valence-corrected chi connectivity index (χ3v) is 5.90. The third-order valence-electron chi connectivity index (χ3n) is 5.16. The number of carbonyl (C=O) groups is 2. The van der Waals surface area contributed by atoms with Crippen LogP contribution in [-0.2, 0) is 16.1 Å². The lowest BCUT2D eigenvalue weighted by Gasteiger charge is -2.29. The van der Waals surface area contributed by atoms with Crippen molar-refractivity contribution >= 4 is 35.0 Å². The van der Waals surface area contributed by atoms with Gasteiger partial charge in [-0.3, -0.25) is 9.59 Å². The van der Waals surface area contributed by atoms with Gasteiger partial charge in [0.2, 0.25) is 11.8 Å². The Morgan fingerprint density at radius 1 is 1.06 bits per heavy atom. The van der Waals surface area contributed by atoms with Gasteiger partial charge in [0.1, 0.15) is 11.8 Å². The van der Waals surface area contributed by atoms with Gasteiger partial charge in [0.15, 0.2) is 0 Å². The number of amides is 2. The van der Waals surface area contributed by atoms with E-state index < -0.39 is 6.04 Å². The van der Waals surface area contributed by atoms with Crippen molar-refractivity contribution in [2.45, 2.75) is 59.0 Å². The molecule has 0 aliphatic heterocycles. The van der Waals surface area contributed by atoms with Crippen LogP contribution >= 0.6 is 23.2 Å². The van der Waals surface area contributed by atoms with Gasteiger partial charge in [0, 0.05) is 19.5 Å². The van der Waals surface area contributed by atoms with Gasteiger partial charge in [-0.15, -0.1) is 0 Å². The van der Waals surface area contributed by atoms with E-state index in [0.717, 1.165) is 29.7 Å². The van der Waals surface area contributed by atoms with Gasteiger partial charge in [0.25, 0.3) is 0 Å². The predicted molar refractivity (Wildman–Crippen MR) is 130 cm³/mol. The van der Waals surface area contributed by atoms with Crippen LogP contribution in [0.5, 0.6) is 5.75 Å². The van der Waals surface area contributed by atoms with E-state index in [2.05, 4.69) is 12.2 Å². The number of nitrogens with zero attached hydrogens (tertiary/aromatic N) is 1. The predicted octanol–water partition coefficient (Wildman–Crippen LogP) is 5.79. The zero-order valence-electron chi connectivity index (χ0n) is 19.0. The van der Waals surface area contributed by atoms with E-state index in [1.165, 1.54) is 0 Å². The molecule has 2 rings (SSSR count). The fraction of sp³-hybridized carbons (Fsp3) is 0.440. The number of carbonyl (C=O) groups excluding carboxylic acids is 2. The topological polar surface area (TPSA) is 58.6 Å². The van der Waals surface area contributed by atoms with Crippen LogP contribution in [0.3, 0.4) is 0 Å². The van der Waals surface area contributed by atoms with Gasteiger partial charge in [0.05, 0.1) is 16.7 Å². The largest absolute Gasteiger partial charge is 0.494 e. The molecule has 0 saturated carbocycles. The monoisotopic (exact) mass is 478 g/mol. The molecule has 2 aromatic carbocycles. The smallest absolute Gasteiger partial charge is 0.242 e. The first-order chi connectivity index (χ1) is 15.3. The highest BCUT2D eigenvalue weighted by Crippen LogP contribution is 2.24. The SMILES string of the molecule is CCCCNC(=O)[C@H](C)N(Cc1ccc(Cl)c(Cl)c1)C(=O)CCCOc1ccc(C)cc1. The first kappa shape index (κ1) is 26.0. The van der Waals surface area contributed by atoms with Crippen molar-refractivity contribution in [3.05, 3.63) is 63.6 Å². The van der Waals surface area contributed by atoms with E-state index in [1.807, 2.05) is 37.3 Å². The molecule has 0 spiro atoms. The first-order valence-corrected chi connectivity index (χ1v) is 11.8. The highest BCUT2D eigenvalue weighted by Gasteiger charge is 2.25. The molecule has 1 N–H and O–H groups in total. The standard InChI is InChI=1S/C25H32Cl2N2O3/c1-4-5-14-28-25(31)19(3)29(17-20-10-13-22(26)23(27)16-20)24(30)7-6-15-32-21-11-8-18(2)9-12-21/h8-13,16,19H,4-7,14-15,17H2,1-3H3,(H,28,31)/t19-/m0/s1. The van der Waals surface area contributed by atoms with Crippen molar-refractivity contribution in [2.75, 3.05) is 13.2 Å². The van der Waals surface area contributed by atoms with Crippen LogP contribution < -0.4 is 10.1 Å². The Hall–Kier alpha value is -2.24. The van der Waals surface area contributed by atoms with Gasteiger partial charge >= 0.3 is 0 Å². The number of nitrogens with one attached hydrogen (secondary N) is 1. The van der Waals surface area contributed by atoms with Crippen LogP contribution in [0.2, 0.25) is 10.0 Å². The number of aryl methyl sites for hydroxylation is 1. The molecule has 7 heteroatoms. The average Bonchev–Trinajstić information content (AvgIpc) is 2.78. The molecule has 0 fully saturated rings. The van der Waals surface area contributed by atoms with Crippen molar-refractivity contribution in [1.29, 1.82) is 0 Å². The van der Waals surface area contributed by atoms with Crippen molar-refractivity contribution < 1.29 is 14.3 Å². The molecule has 0 aliphatic rings. The molecule has 0 bridgehead atoms. The molecular formula is C25H32Cl2N2O3. The van der Waals surface area contributed by atoms with E-state index in [1.54, 1.807) is 24.0 Å². The summed E-state index contributed by atoms with van der Waals surface area (Å²) in [5, 5.41) is 3.78. The van der Waals surface area contributed by atoms with E-state index in [4.69, 9.17) is 27.9 Å². The number of ether oxygens (including phenoxy) is 1. The van der Waals surface area contributed by atoms with Gasteiger partial charge in [-0.1, -0.05) is 60.3 Å². The third kappa shape index (κ3) is 8.36. The van der Waals surface area contributed by atoms with Crippen molar-refractivity contribution in [3.8, 4) is 5.75 Å². The quantitative estimate of drug-likeness (QED) is 0.392. The van der Waals surface area contributed by atoms with Gasteiger partial charge in [-0.25, -0.2) is 0 Å². The fourth-order valence-electron chi connectivity index (χ4n) is 3.14. The molecular weight excluding hydrogens is 447 g/mol. The van der Waals surface area contributed by atoms with E-state index in [0.29, 0.717) is 29.6 Å². The summed E-state index contributed by atoms with van der Waals surface area (Å²) in [5.41, 5.74) is 1.98. The van der Waals surface area contributed by atoms with Gasteiger partial charge in [-0.05, 0) is 56.5 Å². The van der Waals surface area contributed by atoms with E-state index in [9.17, 15) is 9.59 Å². The molecule has 0 saturated heterocycles.